The number of aromatic nitrogens is 1. The van der Waals surface area contributed by atoms with Gasteiger partial charge in [0, 0.05) is 49.0 Å². The van der Waals surface area contributed by atoms with Gasteiger partial charge in [0.2, 0.25) is 0 Å². The lowest BCUT2D eigenvalue weighted by atomic mass is 9.89. The molecule has 0 aliphatic carbocycles. The van der Waals surface area contributed by atoms with Crippen LogP contribution in [0.3, 0.4) is 0 Å². The summed E-state index contributed by atoms with van der Waals surface area (Å²) < 4.78 is 5.19. The van der Waals surface area contributed by atoms with Crippen LogP contribution in [-0.2, 0) is 13.0 Å². The van der Waals surface area contributed by atoms with Crippen LogP contribution in [0.25, 0.3) is 0 Å². The van der Waals surface area contributed by atoms with Crippen molar-refractivity contribution in [2.75, 3.05) is 30.4 Å². The Kier molecular flexibility index (Phi) is 8.71. The molecular formula is C33H34N4O3. The lowest BCUT2D eigenvalue weighted by molar-refractivity contribution is 0.0950. The molecule has 2 amide bonds. The van der Waals surface area contributed by atoms with Crippen LogP contribution in [0.5, 0.6) is 5.75 Å². The molecule has 4 aromatic rings. The number of carbonyl (C=O) groups excluding carboxylic acids is 2. The summed E-state index contributed by atoms with van der Waals surface area (Å²) in [6.45, 7) is 2.11. The molecule has 7 nitrogen and oxygen atoms in total. The van der Waals surface area contributed by atoms with Crippen molar-refractivity contribution in [1.29, 1.82) is 0 Å². The number of benzene rings is 3. The fourth-order valence-corrected chi connectivity index (χ4v) is 5.12. The average Bonchev–Trinajstić information content (AvgIpc) is 3.01. The third kappa shape index (κ3) is 6.86. The van der Waals surface area contributed by atoms with Gasteiger partial charge in [0.05, 0.1) is 12.7 Å². The van der Waals surface area contributed by atoms with Crippen LogP contribution in [0.15, 0.2) is 97.3 Å². The number of nitrogens with zero attached hydrogens (tertiary/aromatic N) is 2. The van der Waals surface area contributed by atoms with Crippen molar-refractivity contribution in [3.63, 3.8) is 0 Å². The van der Waals surface area contributed by atoms with Gasteiger partial charge in [0.1, 0.15) is 5.75 Å². The normalized spacial score (nSPS) is 13.5. The number of piperidine rings is 1. The fraction of sp³-hybridized carbons (Fsp3) is 0.242. The van der Waals surface area contributed by atoms with Crippen LogP contribution >= 0.6 is 0 Å². The van der Waals surface area contributed by atoms with E-state index < -0.39 is 0 Å². The molecular weight excluding hydrogens is 500 g/mol. The van der Waals surface area contributed by atoms with Crippen molar-refractivity contribution in [1.82, 2.24) is 10.3 Å². The summed E-state index contributed by atoms with van der Waals surface area (Å²) in [5, 5.41) is 5.97. The number of anilines is 2. The molecule has 1 saturated heterocycles. The first-order chi connectivity index (χ1) is 19.6. The van der Waals surface area contributed by atoms with E-state index in [2.05, 4.69) is 50.8 Å². The first-order valence-electron chi connectivity index (χ1n) is 13.6. The number of hydrogen-bond donors (Lipinski definition) is 2. The Balaban J connectivity index is 1.32. The smallest absolute Gasteiger partial charge is 0.255 e. The van der Waals surface area contributed by atoms with Crippen molar-refractivity contribution >= 4 is 23.2 Å². The number of methoxy groups -OCH3 is 1. The standard InChI is InChI=1S/C33H34N4O3/c1-40-29-12-9-27(10-13-29)32(38)36-28-11-14-31(30(21-28)33(39)35-23-26-8-5-17-34-22-26)37-18-15-25(16-19-37)20-24-6-3-2-4-7-24/h2-14,17,21-22,25H,15-16,18-20,23H2,1H3,(H,35,39)(H,36,38). The summed E-state index contributed by atoms with van der Waals surface area (Å²) in [6.07, 6.45) is 6.64. The molecule has 2 N–H and O–H groups in total. The zero-order chi connectivity index (χ0) is 27.7. The van der Waals surface area contributed by atoms with Gasteiger partial charge in [-0.1, -0.05) is 36.4 Å². The molecule has 1 aliphatic heterocycles. The minimum atomic E-state index is -0.251. The second-order valence-electron chi connectivity index (χ2n) is 10.1. The lowest BCUT2D eigenvalue weighted by Gasteiger charge is -2.35. The number of amides is 2. The largest absolute Gasteiger partial charge is 0.497 e. The molecule has 0 spiro atoms. The first-order valence-corrected chi connectivity index (χ1v) is 13.6. The fourth-order valence-electron chi connectivity index (χ4n) is 5.12. The highest BCUT2D eigenvalue weighted by molar-refractivity contribution is 6.06. The Hall–Kier alpha value is -4.65. The van der Waals surface area contributed by atoms with Crippen molar-refractivity contribution < 1.29 is 14.3 Å². The van der Waals surface area contributed by atoms with Crippen LogP contribution in [0.2, 0.25) is 0 Å². The van der Waals surface area contributed by atoms with Crippen molar-refractivity contribution in [3.8, 4) is 5.75 Å². The molecule has 5 rings (SSSR count). The van der Waals surface area contributed by atoms with Gasteiger partial charge in [0.15, 0.2) is 0 Å². The Morgan fingerprint density at radius 3 is 2.35 bits per heavy atom. The molecule has 0 unspecified atom stereocenters. The second kappa shape index (κ2) is 12.9. The maximum Gasteiger partial charge on any atom is 0.255 e. The van der Waals surface area contributed by atoms with Gasteiger partial charge < -0.3 is 20.3 Å². The SMILES string of the molecule is COc1ccc(C(=O)Nc2ccc(N3CCC(Cc4ccccc4)CC3)c(C(=O)NCc3cccnc3)c2)cc1. The minimum absolute atomic E-state index is 0.189. The molecule has 1 aliphatic rings. The topological polar surface area (TPSA) is 83.6 Å². The molecule has 40 heavy (non-hydrogen) atoms. The highest BCUT2D eigenvalue weighted by Crippen LogP contribution is 2.30. The van der Waals surface area contributed by atoms with Gasteiger partial charge in [0.25, 0.3) is 11.8 Å². The number of carbonyl (C=O) groups is 2. The summed E-state index contributed by atoms with van der Waals surface area (Å²) >= 11 is 0. The summed E-state index contributed by atoms with van der Waals surface area (Å²) in [6, 6.07) is 26.9. The van der Waals surface area contributed by atoms with Crippen LogP contribution in [0, 0.1) is 5.92 Å². The number of hydrogen-bond acceptors (Lipinski definition) is 5. The monoisotopic (exact) mass is 534 g/mol. The third-order valence-electron chi connectivity index (χ3n) is 7.35. The predicted molar refractivity (Wildman–Crippen MR) is 158 cm³/mol. The number of nitrogens with one attached hydrogen (secondary N) is 2. The van der Waals surface area contributed by atoms with E-state index in [1.54, 1.807) is 49.8 Å². The van der Waals surface area contributed by atoms with Crippen molar-refractivity contribution in [2.24, 2.45) is 5.92 Å². The van der Waals surface area contributed by atoms with E-state index in [1.807, 2.05) is 24.3 Å². The van der Waals surface area contributed by atoms with Gasteiger partial charge in [-0.05, 0) is 84.8 Å². The molecule has 0 saturated carbocycles. The van der Waals surface area contributed by atoms with E-state index in [1.165, 1.54) is 5.56 Å². The summed E-state index contributed by atoms with van der Waals surface area (Å²) in [4.78, 5) is 32.8. The zero-order valence-electron chi connectivity index (χ0n) is 22.7. The number of pyridine rings is 1. The van der Waals surface area contributed by atoms with Crippen molar-refractivity contribution in [2.45, 2.75) is 25.8 Å². The van der Waals surface area contributed by atoms with Gasteiger partial charge in [-0.3, -0.25) is 14.6 Å². The molecule has 0 radical (unpaired) electrons. The molecule has 7 heteroatoms. The summed E-state index contributed by atoms with van der Waals surface area (Å²) in [7, 11) is 1.59. The van der Waals surface area contributed by atoms with Gasteiger partial charge >= 0.3 is 0 Å². The van der Waals surface area contributed by atoms with Gasteiger partial charge in [-0.2, -0.15) is 0 Å². The van der Waals surface area contributed by atoms with Crippen LogP contribution < -0.4 is 20.3 Å². The average molecular weight is 535 g/mol. The number of rotatable bonds is 9. The van der Waals surface area contributed by atoms with Crippen molar-refractivity contribution in [3.05, 3.63) is 120 Å². The van der Waals surface area contributed by atoms with Crippen LogP contribution in [-0.4, -0.2) is 37.0 Å². The Bertz CT molecular complexity index is 1420. The predicted octanol–water partition coefficient (Wildman–Crippen LogP) is 5.73. The van der Waals surface area contributed by atoms with Gasteiger partial charge in [-0.15, -0.1) is 0 Å². The van der Waals surface area contributed by atoms with E-state index >= 15 is 0 Å². The van der Waals surface area contributed by atoms with E-state index in [4.69, 9.17) is 4.74 Å². The van der Waals surface area contributed by atoms with E-state index in [9.17, 15) is 9.59 Å². The molecule has 1 fully saturated rings. The van der Waals surface area contributed by atoms with Gasteiger partial charge in [-0.25, -0.2) is 0 Å². The Morgan fingerprint density at radius 1 is 0.900 bits per heavy atom. The quantitative estimate of drug-likeness (QED) is 0.287. The maximum atomic E-state index is 13.5. The van der Waals surface area contributed by atoms with Crippen LogP contribution in [0.4, 0.5) is 11.4 Å². The molecule has 3 aromatic carbocycles. The third-order valence-corrected chi connectivity index (χ3v) is 7.35. The molecule has 2 heterocycles. The summed E-state index contributed by atoms with van der Waals surface area (Å²) in [5.74, 6) is 0.857. The molecule has 0 atom stereocenters. The van der Waals surface area contributed by atoms with Crippen LogP contribution in [0.1, 0.15) is 44.7 Å². The first kappa shape index (κ1) is 26.9. The molecule has 0 bridgehead atoms. The Labute approximate surface area is 235 Å². The number of ether oxygens (including phenoxy) is 1. The summed E-state index contributed by atoms with van der Waals surface area (Å²) in [5.41, 5.74) is 4.78. The second-order valence-corrected chi connectivity index (χ2v) is 10.1. The maximum absolute atomic E-state index is 13.5. The van der Waals surface area contributed by atoms with E-state index in [0.717, 1.165) is 43.6 Å². The molecule has 1 aromatic heterocycles. The molecule has 204 valence electrons. The Morgan fingerprint density at radius 2 is 1.65 bits per heavy atom. The zero-order valence-corrected chi connectivity index (χ0v) is 22.7. The lowest BCUT2D eigenvalue weighted by Crippen LogP contribution is -2.36. The highest BCUT2D eigenvalue weighted by atomic mass is 16.5. The minimum Gasteiger partial charge on any atom is -0.497 e. The van der Waals surface area contributed by atoms with E-state index in [0.29, 0.717) is 35.0 Å². The highest BCUT2D eigenvalue weighted by Gasteiger charge is 2.24. The van der Waals surface area contributed by atoms with E-state index in [-0.39, 0.29) is 11.8 Å².